The molecular weight excluding hydrogens is 312 g/mol. The van der Waals surface area contributed by atoms with Crippen molar-refractivity contribution in [3.8, 4) is 11.4 Å². The lowest BCUT2D eigenvalue weighted by atomic mass is 10.1. The number of rotatable bonds is 5. The van der Waals surface area contributed by atoms with Crippen molar-refractivity contribution in [2.24, 2.45) is 10.7 Å². The van der Waals surface area contributed by atoms with Gasteiger partial charge in [-0.25, -0.2) is 0 Å². The molecule has 0 bridgehead atoms. The van der Waals surface area contributed by atoms with Gasteiger partial charge in [-0.2, -0.15) is 4.98 Å². The van der Waals surface area contributed by atoms with E-state index in [0.29, 0.717) is 24.0 Å². The first-order chi connectivity index (χ1) is 12.1. The second-order valence-electron chi connectivity index (χ2n) is 5.83. The van der Waals surface area contributed by atoms with Crippen molar-refractivity contribution in [1.29, 1.82) is 0 Å². The number of aromatic nitrogens is 2. The number of hydrogen-bond donors (Lipinski definition) is 1. The largest absolute Gasteiger partial charge is 0.394 e. The zero-order valence-electron chi connectivity index (χ0n) is 14.3. The molecule has 0 aliphatic heterocycles. The third-order valence-corrected chi connectivity index (χ3v) is 3.70. The van der Waals surface area contributed by atoms with Gasteiger partial charge in [0.2, 0.25) is 5.82 Å². The molecule has 1 aromatic heterocycles. The van der Waals surface area contributed by atoms with Gasteiger partial charge < -0.3 is 10.3 Å². The molecule has 1 heterocycles. The summed E-state index contributed by atoms with van der Waals surface area (Å²) in [5, 5.41) is 3.97. The Hall–Kier alpha value is -3.21. The normalized spacial score (nSPS) is 12.4. The maximum atomic E-state index is 6.06. The van der Waals surface area contributed by atoms with Crippen molar-refractivity contribution in [2.75, 3.05) is 0 Å². The highest BCUT2D eigenvalue weighted by Crippen LogP contribution is 2.17. The molecule has 2 N–H and O–H groups in total. The maximum absolute atomic E-state index is 6.06. The molecule has 0 saturated carbocycles. The minimum Gasteiger partial charge on any atom is -0.394 e. The molecule has 3 rings (SSSR count). The molecule has 126 valence electrons. The third-order valence-electron chi connectivity index (χ3n) is 3.70. The first-order valence-electron chi connectivity index (χ1n) is 8.05. The Labute approximate surface area is 146 Å². The summed E-state index contributed by atoms with van der Waals surface area (Å²) in [6.07, 6.45) is 1.75. The summed E-state index contributed by atoms with van der Waals surface area (Å²) in [7, 11) is 0. The molecule has 3 aromatic rings. The standard InChI is InChI=1S/C20H20N4O/c1-14-8-10-16(11-9-14)13-22-15(2)12-18(21)20-23-19(24-25-20)17-6-4-3-5-7-17/h3-12H,13,21H2,1-2H3/b18-12-,22-15?. The average Bonchev–Trinajstić information content (AvgIpc) is 3.12. The topological polar surface area (TPSA) is 77.3 Å². The van der Waals surface area contributed by atoms with Crippen molar-refractivity contribution < 1.29 is 4.52 Å². The Bertz CT molecular complexity index is 893. The average molecular weight is 332 g/mol. The van der Waals surface area contributed by atoms with Crippen LogP contribution >= 0.6 is 0 Å². The van der Waals surface area contributed by atoms with Crippen LogP contribution in [0.25, 0.3) is 17.1 Å². The second kappa shape index (κ2) is 7.57. The van der Waals surface area contributed by atoms with E-state index in [4.69, 9.17) is 10.3 Å². The molecule has 0 atom stereocenters. The Morgan fingerprint density at radius 1 is 1.12 bits per heavy atom. The van der Waals surface area contributed by atoms with Crippen molar-refractivity contribution in [3.63, 3.8) is 0 Å². The fraction of sp³-hybridized carbons (Fsp3) is 0.150. The van der Waals surface area contributed by atoms with Crippen LogP contribution < -0.4 is 5.73 Å². The number of aliphatic imine (C=N–C) groups is 1. The van der Waals surface area contributed by atoms with Crippen LogP contribution in [0.2, 0.25) is 0 Å². The minimum absolute atomic E-state index is 0.295. The van der Waals surface area contributed by atoms with Gasteiger partial charge in [-0.3, -0.25) is 4.99 Å². The molecule has 0 aliphatic carbocycles. The van der Waals surface area contributed by atoms with E-state index < -0.39 is 0 Å². The zero-order valence-corrected chi connectivity index (χ0v) is 14.3. The molecule has 0 spiro atoms. The summed E-state index contributed by atoms with van der Waals surface area (Å²) in [6, 6.07) is 17.9. The molecule has 0 aliphatic rings. The van der Waals surface area contributed by atoms with Gasteiger partial charge in [0.05, 0.1) is 12.2 Å². The predicted molar refractivity (Wildman–Crippen MR) is 99.9 cm³/mol. The Balaban J connectivity index is 1.71. The quantitative estimate of drug-likeness (QED) is 0.716. The Morgan fingerprint density at radius 3 is 2.56 bits per heavy atom. The van der Waals surface area contributed by atoms with Gasteiger partial charge in [0.15, 0.2) is 0 Å². The van der Waals surface area contributed by atoms with Gasteiger partial charge in [0.25, 0.3) is 5.89 Å². The monoisotopic (exact) mass is 332 g/mol. The highest BCUT2D eigenvalue weighted by atomic mass is 16.5. The highest BCUT2D eigenvalue weighted by Gasteiger charge is 2.10. The van der Waals surface area contributed by atoms with E-state index >= 15 is 0 Å². The zero-order chi connectivity index (χ0) is 17.6. The van der Waals surface area contributed by atoms with Gasteiger partial charge in [0.1, 0.15) is 0 Å². The van der Waals surface area contributed by atoms with Crippen LogP contribution in [-0.2, 0) is 6.54 Å². The Kier molecular flexibility index (Phi) is 5.04. The van der Waals surface area contributed by atoms with Gasteiger partial charge in [0, 0.05) is 11.3 Å². The molecule has 0 fully saturated rings. The van der Waals surface area contributed by atoms with E-state index in [0.717, 1.165) is 16.8 Å². The lowest BCUT2D eigenvalue weighted by Crippen LogP contribution is -2.00. The first-order valence-corrected chi connectivity index (χ1v) is 8.05. The summed E-state index contributed by atoms with van der Waals surface area (Å²) in [5.74, 6) is 0.810. The lowest BCUT2D eigenvalue weighted by molar-refractivity contribution is 0.408. The smallest absolute Gasteiger partial charge is 0.274 e. The van der Waals surface area contributed by atoms with Crippen LogP contribution in [0.3, 0.4) is 0 Å². The van der Waals surface area contributed by atoms with Crippen LogP contribution in [-0.4, -0.2) is 15.9 Å². The first kappa shape index (κ1) is 16.6. The van der Waals surface area contributed by atoms with Crippen LogP contribution in [0.5, 0.6) is 0 Å². The third kappa shape index (κ3) is 4.41. The fourth-order valence-corrected chi connectivity index (χ4v) is 2.29. The number of nitrogens with two attached hydrogens (primary N) is 1. The van der Waals surface area contributed by atoms with E-state index in [1.54, 1.807) is 6.08 Å². The SMILES string of the molecule is CC(/C=C(\N)c1nc(-c2ccccc2)no1)=NCc1ccc(C)cc1. The summed E-state index contributed by atoms with van der Waals surface area (Å²) in [4.78, 5) is 8.86. The van der Waals surface area contributed by atoms with E-state index in [-0.39, 0.29) is 0 Å². The molecule has 0 unspecified atom stereocenters. The van der Waals surface area contributed by atoms with Crippen molar-refractivity contribution in [3.05, 3.63) is 77.7 Å². The van der Waals surface area contributed by atoms with Gasteiger partial charge in [-0.15, -0.1) is 0 Å². The summed E-state index contributed by atoms with van der Waals surface area (Å²) >= 11 is 0. The Morgan fingerprint density at radius 2 is 1.84 bits per heavy atom. The van der Waals surface area contributed by atoms with E-state index in [9.17, 15) is 0 Å². The molecular formula is C20H20N4O. The van der Waals surface area contributed by atoms with Crippen molar-refractivity contribution >= 4 is 11.4 Å². The highest BCUT2D eigenvalue weighted by molar-refractivity contribution is 5.98. The van der Waals surface area contributed by atoms with Crippen LogP contribution in [0.4, 0.5) is 0 Å². The molecule has 5 nitrogen and oxygen atoms in total. The predicted octanol–water partition coefficient (Wildman–Crippen LogP) is 4.01. The summed E-state index contributed by atoms with van der Waals surface area (Å²) in [5.41, 5.74) is 10.5. The van der Waals surface area contributed by atoms with Gasteiger partial charge in [-0.1, -0.05) is 65.3 Å². The van der Waals surface area contributed by atoms with Crippen LogP contribution in [0.15, 0.2) is 70.2 Å². The molecule has 0 amide bonds. The summed E-state index contributed by atoms with van der Waals surface area (Å²) in [6.45, 7) is 4.57. The number of aryl methyl sites for hydroxylation is 1. The molecule has 0 radical (unpaired) electrons. The molecule has 0 saturated heterocycles. The number of nitrogens with zero attached hydrogens (tertiary/aromatic N) is 3. The van der Waals surface area contributed by atoms with E-state index in [1.807, 2.05) is 37.3 Å². The van der Waals surface area contributed by atoms with Crippen LogP contribution in [0, 0.1) is 6.92 Å². The fourth-order valence-electron chi connectivity index (χ4n) is 2.29. The molecule has 2 aromatic carbocycles. The minimum atomic E-state index is 0.295. The lowest BCUT2D eigenvalue weighted by Gasteiger charge is -1.99. The van der Waals surface area contributed by atoms with Crippen LogP contribution in [0.1, 0.15) is 23.9 Å². The van der Waals surface area contributed by atoms with Crippen molar-refractivity contribution in [2.45, 2.75) is 20.4 Å². The van der Waals surface area contributed by atoms with Crippen molar-refractivity contribution in [1.82, 2.24) is 10.1 Å². The van der Waals surface area contributed by atoms with E-state index in [1.165, 1.54) is 5.56 Å². The number of allylic oxidation sites excluding steroid dienone is 1. The van der Waals surface area contributed by atoms with Gasteiger partial charge in [-0.05, 0) is 25.5 Å². The molecule has 25 heavy (non-hydrogen) atoms. The van der Waals surface area contributed by atoms with E-state index in [2.05, 4.69) is 46.3 Å². The number of hydrogen-bond acceptors (Lipinski definition) is 5. The summed E-state index contributed by atoms with van der Waals surface area (Å²) < 4.78 is 5.25. The second-order valence-corrected chi connectivity index (χ2v) is 5.83. The number of benzene rings is 2. The molecule has 5 heteroatoms. The van der Waals surface area contributed by atoms with Gasteiger partial charge >= 0.3 is 0 Å². The maximum Gasteiger partial charge on any atom is 0.274 e.